The van der Waals surface area contributed by atoms with Gasteiger partial charge in [-0.3, -0.25) is 4.90 Å². The molecule has 0 unspecified atom stereocenters. The number of carbonyl (C=O) groups excluding carboxylic acids is 1. The van der Waals surface area contributed by atoms with Crippen molar-refractivity contribution in [1.82, 2.24) is 4.90 Å². The molecule has 5 rings (SSSR count). The van der Waals surface area contributed by atoms with E-state index < -0.39 is 0 Å². The second-order valence-electron chi connectivity index (χ2n) is 11.0. The van der Waals surface area contributed by atoms with E-state index in [1.807, 2.05) is 24.5 Å². The van der Waals surface area contributed by atoms with Gasteiger partial charge in [-0.15, -0.1) is 11.3 Å². The first-order valence-corrected chi connectivity index (χ1v) is 16.3. The standard InChI is InChI=1S/C32H38ClNO5S2/c1-32(2,24-6-4-3-5-7-24)25-18-30(39-20-25)40-22-27-23(8-10-28(27)33)19-37-21-26-9-11-29(41-26)31(35)38-17-14-34-12-15-36-16-13-34/h3-7,9-11,18,20,23,27H,8,12-17,19,21-22H2,1-2H3/t23-,27-/m1/s1. The van der Waals surface area contributed by atoms with Crippen LogP contribution < -0.4 is 0 Å². The van der Waals surface area contributed by atoms with Crippen LogP contribution in [0.25, 0.3) is 0 Å². The van der Waals surface area contributed by atoms with Crippen molar-refractivity contribution < 1.29 is 23.4 Å². The predicted octanol–water partition coefficient (Wildman–Crippen LogP) is 7.22. The number of hydrogen-bond donors (Lipinski definition) is 0. The van der Waals surface area contributed by atoms with Gasteiger partial charge in [-0.05, 0) is 36.1 Å². The zero-order chi connectivity index (χ0) is 28.7. The quantitative estimate of drug-likeness (QED) is 0.149. The van der Waals surface area contributed by atoms with Crippen molar-refractivity contribution in [3.63, 3.8) is 0 Å². The average molecular weight is 616 g/mol. The van der Waals surface area contributed by atoms with Crippen LogP contribution >= 0.6 is 34.7 Å². The largest absolute Gasteiger partial charge is 0.460 e. The van der Waals surface area contributed by atoms with Gasteiger partial charge in [-0.25, -0.2) is 4.79 Å². The SMILES string of the molecule is CC(C)(c1ccccc1)c1coc(SC[C@H]2C(Cl)=CC[C@@H]2COCc2ccc(C(=O)OCCN3CCOCC3)s2)c1. The van der Waals surface area contributed by atoms with Gasteiger partial charge in [-0.1, -0.05) is 73.6 Å². The Labute approximate surface area is 256 Å². The number of ether oxygens (including phenoxy) is 3. The van der Waals surface area contributed by atoms with E-state index in [1.54, 1.807) is 11.8 Å². The summed E-state index contributed by atoms with van der Waals surface area (Å²) in [5, 5.41) is 1.81. The summed E-state index contributed by atoms with van der Waals surface area (Å²) < 4.78 is 22.9. The number of morpholine rings is 1. The zero-order valence-electron chi connectivity index (χ0n) is 23.7. The summed E-state index contributed by atoms with van der Waals surface area (Å²) in [6.45, 7) is 9.90. The van der Waals surface area contributed by atoms with Gasteiger partial charge in [0.25, 0.3) is 0 Å². The molecule has 2 atom stereocenters. The molecule has 2 aromatic heterocycles. The number of esters is 1. The molecule has 1 aliphatic heterocycles. The van der Waals surface area contributed by atoms with Gasteiger partial charge >= 0.3 is 5.97 Å². The Morgan fingerprint density at radius 2 is 1.95 bits per heavy atom. The summed E-state index contributed by atoms with van der Waals surface area (Å²) in [7, 11) is 0. The lowest BCUT2D eigenvalue weighted by Crippen LogP contribution is -2.38. The van der Waals surface area contributed by atoms with Gasteiger partial charge in [0.05, 0.1) is 32.7 Å². The van der Waals surface area contributed by atoms with Crippen LogP contribution in [0.3, 0.4) is 0 Å². The van der Waals surface area contributed by atoms with Crippen LogP contribution in [0.15, 0.2) is 75.4 Å². The fourth-order valence-electron chi connectivity index (χ4n) is 5.16. The number of furan rings is 1. The number of hydrogen-bond acceptors (Lipinski definition) is 8. The minimum absolute atomic E-state index is 0.133. The Hall–Kier alpha value is -2.07. The Morgan fingerprint density at radius 1 is 1.15 bits per heavy atom. The molecule has 220 valence electrons. The first-order chi connectivity index (χ1) is 19.9. The number of benzene rings is 1. The molecule has 0 saturated carbocycles. The highest BCUT2D eigenvalue weighted by Crippen LogP contribution is 2.40. The van der Waals surface area contributed by atoms with Gasteiger partial charge in [0, 0.05) is 52.2 Å². The van der Waals surface area contributed by atoms with Crippen LogP contribution in [0.4, 0.5) is 0 Å². The van der Waals surface area contributed by atoms with Crippen LogP contribution in [0.5, 0.6) is 0 Å². The summed E-state index contributed by atoms with van der Waals surface area (Å²) in [4.78, 5) is 16.3. The van der Waals surface area contributed by atoms with Crippen LogP contribution in [0.1, 0.15) is 45.9 Å². The second kappa shape index (κ2) is 14.4. The van der Waals surface area contributed by atoms with Gasteiger partial charge in [0.15, 0.2) is 5.09 Å². The van der Waals surface area contributed by atoms with Crippen molar-refractivity contribution in [3.05, 3.63) is 86.8 Å². The molecular formula is C32H38ClNO5S2. The minimum atomic E-state index is -0.272. The minimum Gasteiger partial charge on any atom is -0.460 e. The molecule has 0 bridgehead atoms. The highest BCUT2D eigenvalue weighted by Gasteiger charge is 2.30. The molecule has 0 amide bonds. The number of thioether (sulfide) groups is 1. The van der Waals surface area contributed by atoms with Crippen LogP contribution in [-0.2, 0) is 26.2 Å². The number of rotatable bonds is 13. The Kier molecular flexibility index (Phi) is 10.7. The van der Waals surface area contributed by atoms with Crippen LogP contribution in [0, 0.1) is 11.8 Å². The maximum Gasteiger partial charge on any atom is 0.348 e. The fraction of sp³-hybridized carbons (Fsp3) is 0.469. The molecule has 0 spiro atoms. The Morgan fingerprint density at radius 3 is 2.76 bits per heavy atom. The number of nitrogens with zero attached hydrogens (tertiary/aromatic N) is 1. The van der Waals surface area contributed by atoms with Crippen molar-refractivity contribution in [2.75, 3.05) is 51.8 Å². The predicted molar refractivity (Wildman–Crippen MR) is 165 cm³/mol. The molecule has 1 fully saturated rings. The molecule has 3 heterocycles. The van der Waals surface area contributed by atoms with E-state index >= 15 is 0 Å². The highest BCUT2D eigenvalue weighted by atomic mass is 35.5. The average Bonchev–Trinajstić information content (AvgIpc) is 3.74. The topological polar surface area (TPSA) is 61.1 Å². The van der Waals surface area contributed by atoms with Gasteiger partial charge < -0.3 is 18.6 Å². The molecule has 2 aliphatic rings. The molecule has 1 aliphatic carbocycles. The second-order valence-corrected chi connectivity index (χ2v) is 13.6. The normalized spacial score (nSPS) is 19.8. The summed E-state index contributed by atoms with van der Waals surface area (Å²) in [6, 6.07) is 16.4. The molecule has 6 nitrogen and oxygen atoms in total. The van der Waals surface area contributed by atoms with Gasteiger partial charge in [0.2, 0.25) is 0 Å². The molecule has 0 N–H and O–H groups in total. The lowest BCUT2D eigenvalue weighted by Gasteiger charge is -2.26. The molecule has 0 radical (unpaired) electrons. The van der Waals surface area contributed by atoms with E-state index in [4.69, 9.17) is 30.2 Å². The van der Waals surface area contributed by atoms with Crippen molar-refractivity contribution in [2.24, 2.45) is 11.8 Å². The Balaban J connectivity index is 1.05. The summed E-state index contributed by atoms with van der Waals surface area (Å²) in [5.41, 5.74) is 2.29. The number of allylic oxidation sites excluding steroid dienone is 2. The van der Waals surface area contributed by atoms with E-state index in [0.29, 0.717) is 30.6 Å². The first kappa shape index (κ1) is 30.4. The van der Waals surface area contributed by atoms with E-state index in [-0.39, 0.29) is 17.3 Å². The van der Waals surface area contributed by atoms with E-state index in [0.717, 1.165) is 65.6 Å². The summed E-state index contributed by atoms with van der Waals surface area (Å²) >= 11 is 9.76. The molecule has 9 heteroatoms. The number of carbonyl (C=O) groups is 1. The smallest absolute Gasteiger partial charge is 0.348 e. The maximum absolute atomic E-state index is 12.5. The highest BCUT2D eigenvalue weighted by molar-refractivity contribution is 7.99. The van der Waals surface area contributed by atoms with Crippen molar-refractivity contribution >= 4 is 40.7 Å². The number of thiophene rings is 1. The maximum atomic E-state index is 12.5. The van der Waals surface area contributed by atoms with Crippen molar-refractivity contribution in [1.29, 1.82) is 0 Å². The van der Waals surface area contributed by atoms with E-state index in [2.05, 4.69) is 55.2 Å². The van der Waals surface area contributed by atoms with Gasteiger partial charge in [-0.2, -0.15) is 0 Å². The van der Waals surface area contributed by atoms with E-state index in [9.17, 15) is 4.79 Å². The lowest BCUT2D eigenvalue weighted by atomic mass is 9.79. The molecular weight excluding hydrogens is 578 g/mol. The zero-order valence-corrected chi connectivity index (χ0v) is 26.1. The third-order valence-corrected chi connectivity index (χ3v) is 10.4. The Bertz CT molecular complexity index is 1300. The molecule has 1 saturated heterocycles. The summed E-state index contributed by atoms with van der Waals surface area (Å²) in [6.07, 6.45) is 4.89. The molecule has 41 heavy (non-hydrogen) atoms. The third-order valence-electron chi connectivity index (χ3n) is 7.92. The van der Waals surface area contributed by atoms with Crippen LogP contribution in [-0.4, -0.2) is 62.7 Å². The van der Waals surface area contributed by atoms with Crippen molar-refractivity contribution in [3.8, 4) is 0 Å². The van der Waals surface area contributed by atoms with Gasteiger partial charge in [0.1, 0.15) is 11.5 Å². The molecule has 3 aromatic rings. The first-order valence-electron chi connectivity index (χ1n) is 14.2. The monoisotopic (exact) mass is 615 g/mol. The number of halogens is 1. The fourth-order valence-corrected chi connectivity index (χ4v) is 7.55. The van der Waals surface area contributed by atoms with Crippen LogP contribution in [0.2, 0.25) is 0 Å². The van der Waals surface area contributed by atoms with Crippen molar-refractivity contribution in [2.45, 2.75) is 37.4 Å². The third kappa shape index (κ3) is 8.06. The molecule has 1 aromatic carbocycles. The summed E-state index contributed by atoms with van der Waals surface area (Å²) in [5.74, 6) is 1.10. The van der Waals surface area contributed by atoms with E-state index in [1.165, 1.54) is 16.9 Å². The lowest BCUT2D eigenvalue weighted by molar-refractivity contribution is 0.0197.